The number of H-pyrrole nitrogens is 1. The Morgan fingerprint density at radius 3 is 2.54 bits per heavy atom. The van der Waals surface area contributed by atoms with E-state index in [1.165, 1.54) is 17.3 Å². The molecule has 1 aromatic heterocycles. The molecule has 0 unspecified atom stereocenters. The summed E-state index contributed by atoms with van der Waals surface area (Å²) in [6, 6.07) is 9.80. The van der Waals surface area contributed by atoms with Crippen molar-refractivity contribution < 1.29 is 4.74 Å². The zero-order valence-electron chi connectivity index (χ0n) is 14.9. The predicted molar refractivity (Wildman–Crippen MR) is 100 cm³/mol. The number of thioether (sulfide) groups is 1. The van der Waals surface area contributed by atoms with Crippen LogP contribution in [-0.4, -0.2) is 22.3 Å². The Kier molecular flexibility index (Phi) is 6.49. The molecule has 0 aliphatic carbocycles. The number of rotatable bonds is 7. The van der Waals surface area contributed by atoms with E-state index in [-0.39, 0.29) is 11.0 Å². The Hall–Kier alpha value is -1.75. The molecule has 0 radical (unpaired) electrons. The van der Waals surface area contributed by atoms with Gasteiger partial charge in [0.25, 0.3) is 5.56 Å². The Labute approximate surface area is 148 Å². The molecule has 0 atom stereocenters. The van der Waals surface area contributed by atoms with Gasteiger partial charge < -0.3 is 9.72 Å². The molecule has 0 aliphatic rings. The molecule has 2 aromatic rings. The molecule has 4 nitrogen and oxygen atoms in total. The number of nitrogens with one attached hydrogen (secondary N) is 1. The molecule has 5 heteroatoms. The van der Waals surface area contributed by atoms with Crippen LogP contribution in [-0.2, 0) is 11.8 Å². The molecule has 24 heavy (non-hydrogen) atoms. The minimum Gasteiger partial charge on any atom is -0.493 e. The topological polar surface area (TPSA) is 55.0 Å². The van der Waals surface area contributed by atoms with Crippen LogP contribution in [0.15, 0.2) is 40.3 Å². The van der Waals surface area contributed by atoms with Gasteiger partial charge >= 0.3 is 0 Å². The van der Waals surface area contributed by atoms with E-state index >= 15 is 0 Å². The van der Waals surface area contributed by atoms with Gasteiger partial charge in [0.15, 0.2) is 5.16 Å². The molecule has 0 amide bonds. The first kappa shape index (κ1) is 18.6. The van der Waals surface area contributed by atoms with E-state index < -0.39 is 0 Å². The fraction of sp³-hybridized carbons (Fsp3) is 0.474. The summed E-state index contributed by atoms with van der Waals surface area (Å²) in [4.78, 5) is 18.8. The number of aromatic nitrogens is 2. The van der Waals surface area contributed by atoms with Crippen LogP contribution in [0, 0.1) is 0 Å². The molecule has 130 valence electrons. The largest absolute Gasteiger partial charge is 0.493 e. The Bertz CT molecular complexity index is 703. The van der Waals surface area contributed by atoms with Crippen molar-refractivity contribution in [1.82, 2.24) is 9.97 Å². The van der Waals surface area contributed by atoms with Gasteiger partial charge in [-0.2, -0.15) is 0 Å². The fourth-order valence-electron chi connectivity index (χ4n) is 2.29. The smallest absolute Gasteiger partial charge is 0.251 e. The van der Waals surface area contributed by atoms with Gasteiger partial charge in [0.2, 0.25) is 0 Å². The summed E-state index contributed by atoms with van der Waals surface area (Å²) >= 11 is 1.51. The van der Waals surface area contributed by atoms with Crippen LogP contribution in [0.4, 0.5) is 0 Å². The molecule has 0 bridgehead atoms. The molecule has 1 N–H and O–H groups in total. The van der Waals surface area contributed by atoms with Gasteiger partial charge in [0.1, 0.15) is 5.75 Å². The van der Waals surface area contributed by atoms with Crippen LogP contribution in [0.5, 0.6) is 5.75 Å². The molecular formula is C19H26N2O2S. The first-order valence-corrected chi connectivity index (χ1v) is 9.33. The van der Waals surface area contributed by atoms with E-state index in [9.17, 15) is 4.79 Å². The van der Waals surface area contributed by atoms with Crippen LogP contribution in [0.2, 0.25) is 0 Å². The van der Waals surface area contributed by atoms with E-state index in [1.54, 1.807) is 6.07 Å². The van der Waals surface area contributed by atoms with Crippen molar-refractivity contribution in [3.63, 3.8) is 0 Å². The SMILES string of the molecule is CCCc1cc(=O)[nH]c(SCCOc2ccc(C(C)(C)C)cc2)n1. The van der Waals surface area contributed by atoms with Crippen molar-refractivity contribution in [1.29, 1.82) is 0 Å². The fourth-order valence-corrected chi connectivity index (χ4v) is 3.00. The van der Waals surface area contributed by atoms with Crippen LogP contribution >= 0.6 is 11.8 Å². The lowest BCUT2D eigenvalue weighted by atomic mass is 9.87. The molecular weight excluding hydrogens is 320 g/mol. The van der Waals surface area contributed by atoms with Crippen LogP contribution in [0.1, 0.15) is 45.4 Å². The van der Waals surface area contributed by atoms with Crippen molar-refractivity contribution >= 4 is 11.8 Å². The first-order chi connectivity index (χ1) is 11.4. The number of nitrogens with zero attached hydrogens (tertiary/aromatic N) is 1. The number of hydrogen-bond donors (Lipinski definition) is 1. The van der Waals surface area contributed by atoms with Crippen molar-refractivity contribution in [3.05, 3.63) is 51.9 Å². The van der Waals surface area contributed by atoms with Crippen LogP contribution < -0.4 is 10.3 Å². The third kappa shape index (κ3) is 5.71. The lowest BCUT2D eigenvalue weighted by molar-refractivity contribution is 0.343. The molecule has 0 saturated heterocycles. The van der Waals surface area contributed by atoms with E-state index in [0.29, 0.717) is 11.8 Å². The molecule has 1 heterocycles. The maximum atomic E-state index is 11.6. The molecule has 0 saturated carbocycles. The molecule has 0 fully saturated rings. The quantitative estimate of drug-likeness (QED) is 0.464. The number of benzene rings is 1. The maximum Gasteiger partial charge on any atom is 0.251 e. The molecule has 1 aromatic carbocycles. The second-order valence-electron chi connectivity index (χ2n) is 6.76. The number of aromatic amines is 1. The highest BCUT2D eigenvalue weighted by atomic mass is 32.2. The van der Waals surface area contributed by atoms with Crippen molar-refractivity contribution in [2.45, 2.75) is 51.1 Å². The second-order valence-corrected chi connectivity index (χ2v) is 7.85. The highest BCUT2D eigenvalue weighted by Crippen LogP contribution is 2.24. The predicted octanol–water partition coefficient (Wildman–Crippen LogP) is 4.19. The van der Waals surface area contributed by atoms with Gasteiger partial charge in [-0.15, -0.1) is 0 Å². The van der Waals surface area contributed by atoms with Gasteiger partial charge in [0, 0.05) is 17.5 Å². The van der Waals surface area contributed by atoms with Gasteiger partial charge in [-0.25, -0.2) is 4.98 Å². The first-order valence-electron chi connectivity index (χ1n) is 8.35. The van der Waals surface area contributed by atoms with E-state index in [4.69, 9.17) is 4.74 Å². The summed E-state index contributed by atoms with van der Waals surface area (Å²) in [5, 5.41) is 0.664. The highest BCUT2D eigenvalue weighted by molar-refractivity contribution is 7.99. The second kappa shape index (κ2) is 8.38. The maximum absolute atomic E-state index is 11.6. The van der Waals surface area contributed by atoms with Gasteiger partial charge in [0.05, 0.1) is 6.61 Å². The highest BCUT2D eigenvalue weighted by Gasteiger charge is 2.12. The Morgan fingerprint density at radius 1 is 1.21 bits per heavy atom. The van der Waals surface area contributed by atoms with Crippen LogP contribution in [0.25, 0.3) is 0 Å². The number of ether oxygens (including phenoxy) is 1. The molecule has 0 aliphatic heterocycles. The van der Waals surface area contributed by atoms with Gasteiger partial charge in [-0.1, -0.05) is 58.0 Å². The van der Waals surface area contributed by atoms with E-state index in [1.807, 2.05) is 12.1 Å². The monoisotopic (exact) mass is 346 g/mol. The van der Waals surface area contributed by atoms with Crippen molar-refractivity contribution in [2.24, 2.45) is 0 Å². The third-order valence-electron chi connectivity index (χ3n) is 3.59. The van der Waals surface area contributed by atoms with Crippen molar-refractivity contribution in [2.75, 3.05) is 12.4 Å². The zero-order valence-corrected chi connectivity index (χ0v) is 15.7. The minimum atomic E-state index is -0.0883. The lowest BCUT2D eigenvalue weighted by Gasteiger charge is -2.19. The Balaban J connectivity index is 1.84. The normalized spacial score (nSPS) is 11.5. The Morgan fingerprint density at radius 2 is 1.92 bits per heavy atom. The standard InChI is InChI=1S/C19H26N2O2S/c1-5-6-15-13-17(22)21-18(20-15)24-12-11-23-16-9-7-14(8-10-16)19(2,3)4/h7-10,13H,5-6,11-12H2,1-4H3,(H,20,21,22). The summed E-state index contributed by atoms with van der Waals surface area (Å²) in [6.07, 6.45) is 1.81. The van der Waals surface area contributed by atoms with Gasteiger partial charge in [-0.05, 0) is 29.5 Å². The average molecular weight is 346 g/mol. The van der Waals surface area contributed by atoms with E-state index in [0.717, 1.165) is 30.0 Å². The van der Waals surface area contributed by atoms with Crippen LogP contribution in [0.3, 0.4) is 0 Å². The van der Waals surface area contributed by atoms with E-state index in [2.05, 4.69) is 49.8 Å². The molecule has 2 rings (SSSR count). The van der Waals surface area contributed by atoms with Crippen molar-refractivity contribution in [3.8, 4) is 5.75 Å². The zero-order chi connectivity index (χ0) is 17.6. The lowest BCUT2D eigenvalue weighted by Crippen LogP contribution is -2.11. The third-order valence-corrected chi connectivity index (χ3v) is 4.43. The van der Waals surface area contributed by atoms with Gasteiger partial charge in [-0.3, -0.25) is 4.79 Å². The summed E-state index contributed by atoms with van der Waals surface area (Å²) < 4.78 is 5.76. The number of hydrogen-bond acceptors (Lipinski definition) is 4. The number of aryl methyl sites for hydroxylation is 1. The summed E-state index contributed by atoms with van der Waals surface area (Å²) in [5.41, 5.74) is 2.20. The molecule has 0 spiro atoms. The summed E-state index contributed by atoms with van der Waals surface area (Å²) in [7, 11) is 0. The minimum absolute atomic E-state index is 0.0883. The summed E-state index contributed by atoms with van der Waals surface area (Å²) in [6.45, 7) is 9.23. The summed E-state index contributed by atoms with van der Waals surface area (Å²) in [5.74, 6) is 1.60. The average Bonchev–Trinajstić information content (AvgIpc) is 2.51.